The summed E-state index contributed by atoms with van der Waals surface area (Å²) in [5, 5.41) is 15.7. The van der Waals surface area contributed by atoms with Gasteiger partial charge >= 0.3 is 0 Å². The SMILES string of the molecule is Cc1ccc(C2CCCN2C2=NC(C)[C@@H](C)C(N[C@H]3NC=C(C#N)S3)=N2)cc1. The molecule has 4 atom stereocenters. The maximum absolute atomic E-state index is 9.06. The fourth-order valence-electron chi connectivity index (χ4n) is 3.81. The van der Waals surface area contributed by atoms with Gasteiger partial charge in [-0.1, -0.05) is 48.5 Å². The minimum absolute atomic E-state index is 0.0612. The molecule has 0 bridgehead atoms. The molecule has 3 aliphatic heterocycles. The van der Waals surface area contributed by atoms with E-state index in [1.165, 1.54) is 22.9 Å². The normalized spacial score (nSPS) is 29.5. The molecule has 3 heterocycles. The van der Waals surface area contributed by atoms with Gasteiger partial charge in [0.25, 0.3) is 0 Å². The van der Waals surface area contributed by atoms with Crippen molar-refractivity contribution in [3.63, 3.8) is 0 Å². The van der Waals surface area contributed by atoms with Crippen molar-refractivity contribution in [2.24, 2.45) is 15.9 Å². The van der Waals surface area contributed by atoms with E-state index in [1.54, 1.807) is 6.20 Å². The van der Waals surface area contributed by atoms with Crippen molar-refractivity contribution in [2.75, 3.05) is 6.54 Å². The highest BCUT2D eigenvalue weighted by Gasteiger charge is 2.33. The number of nitriles is 1. The van der Waals surface area contributed by atoms with E-state index in [-0.39, 0.29) is 17.5 Å². The van der Waals surface area contributed by atoms with Gasteiger partial charge in [0.2, 0.25) is 5.96 Å². The average molecular weight is 395 g/mol. The van der Waals surface area contributed by atoms with Crippen molar-refractivity contribution < 1.29 is 0 Å². The van der Waals surface area contributed by atoms with E-state index >= 15 is 0 Å². The maximum Gasteiger partial charge on any atom is 0.223 e. The summed E-state index contributed by atoms with van der Waals surface area (Å²) in [5.74, 6) is 1.97. The number of nitrogens with zero attached hydrogens (tertiary/aromatic N) is 4. The number of hydrogen-bond acceptors (Lipinski definition) is 7. The fourth-order valence-corrected chi connectivity index (χ4v) is 4.57. The topological polar surface area (TPSA) is 75.8 Å². The largest absolute Gasteiger partial charge is 0.361 e. The molecule has 0 aromatic heterocycles. The van der Waals surface area contributed by atoms with Gasteiger partial charge in [-0.15, -0.1) is 0 Å². The number of rotatable bonds is 2. The highest BCUT2D eigenvalue weighted by molar-refractivity contribution is 8.04. The first-order valence-electron chi connectivity index (χ1n) is 9.84. The Morgan fingerprint density at radius 3 is 2.79 bits per heavy atom. The molecule has 0 spiro atoms. The predicted octanol–water partition coefficient (Wildman–Crippen LogP) is 3.50. The van der Waals surface area contributed by atoms with E-state index in [0.29, 0.717) is 10.9 Å². The summed E-state index contributed by atoms with van der Waals surface area (Å²) in [7, 11) is 0. The second-order valence-corrected chi connectivity index (χ2v) is 8.79. The van der Waals surface area contributed by atoms with Crippen molar-refractivity contribution >= 4 is 23.6 Å². The number of allylic oxidation sites excluding steroid dienone is 1. The predicted molar refractivity (Wildman–Crippen MR) is 115 cm³/mol. The van der Waals surface area contributed by atoms with E-state index in [1.807, 2.05) is 0 Å². The minimum Gasteiger partial charge on any atom is -0.361 e. The summed E-state index contributed by atoms with van der Waals surface area (Å²) in [5.41, 5.74) is 2.55. The van der Waals surface area contributed by atoms with Crippen LogP contribution < -0.4 is 10.6 Å². The zero-order valence-electron chi connectivity index (χ0n) is 16.5. The summed E-state index contributed by atoms with van der Waals surface area (Å²) in [4.78, 5) is 12.9. The summed E-state index contributed by atoms with van der Waals surface area (Å²) < 4.78 is 0. The van der Waals surface area contributed by atoms with E-state index in [0.717, 1.165) is 31.2 Å². The Labute approximate surface area is 170 Å². The number of aliphatic imine (C=N–C) groups is 2. The van der Waals surface area contributed by atoms with Crippen LogP contribution in [-0.4, -0.2) is 34.8 Å². The molecule has 2 N–H and O–H groups in total. The van der Waals surface area contributed by atoms with E-state index < -0.39 is 0 Å². The number of likely N-dealkylation sites (tertiary alicyclic amines) is 1. The maximum atomic E-state index is 9.06. The number of benzene rings is 1. The van der Waals surface area contributed by atoms with Crippen LogP contribution >= 0.6 is 11.8 Å². The Kier molecular flexibility index (Phi) is 5.31. The molecule has 3 aliphatic rings. The van der Waals surface area contributed by atoms with Gasteiger partial charge < -0.3 is 15.5 Å². The van der Waals surface area contributed by atoms with Crippen molar-refractivity contribution in [3.8, 4) is 6.07 Å². The highest BCUT2D eigenvalue weighted by atomic mass is 32.2. The summed E-state index contributed by atoms with van der Waals surface area (Å²) in [6.07, 6.45) is 4.03. The van der Waals surface area contributed by atoms with Crippen LogP contribution in [0.2, 0.25) is 0 Å². The van der Waals surface area contributed by atoms with Crippen LogP contribution in [0.4, 0.5) is 0 Å². The zero-order chi connectivity index (χ0) is 19.7. The van der Waals surface area contributed by atoms with Gasteiger partial charge in [-0.05, 0) is 32.3 Å². The molecule has 146 valence electrons. The molecular formula is C21H26N6S. The molecular weight excluding hydrogens is 368 g/mol. The van der Waals surface area contributed by atoms with E-state index in [2.05, 4.69) is 66.6 Å². The molecule has 6 nitrogen and oxygen atoms in total. The van der Waals surface area contributed by atoms with Gasteiger partial charge in [-0.2, -0.15) is 5.26 Å². The molecule has 1 saturated heterocycles. The molecule has 4 rings (SSSR count). The Morgan fingerprint density at radius 2 is 2.07 bits per heavy atom. The van der Waals surface area contributed by atoms with Crippen LogP contribution in [0.15, 0.2) is 45.4 Å². The Hall–Kier alpha value is -2.46. The molecule has 1 aromatic carbocycles. The third-order valence-corrected chi connectivity index (χ3v) is 6.62. The molecule has 0 saturated carbocycles. The first-order valence-corrected chi connectivity index (χ1v) is 10.7. The van der Waals surface area contributed by atoms with Crippen LogP contribution in [0.5, 0.6) is 0 Å². The number of aryl methyl sites for hydroxylation is 1. The molecule has 28 heavy (non-hydrogen) atoms. The Balaban J connectivity index is 1.54. The molecule has 0 aliphatic carbocycles. The number of guanidine groups is 1. The van der Waals surface area contributed by atoms with Crippen molar-refractivity contribution in [1.29, 1.82) is 5.26 Å². The Morgan fingerprint density at radius 1 is 1.29 bits per heavy atom. The van der Waals surface area contributed by atoms with Gasteiger partial charge in [-0.25, -0.2) is 9.98 Å². The van der Waals surface area contributed by atoms with Crippen LogP contribution in [-0.2, 0) is 0 Å². The lowest BCUT2D eigenvalue weighted by Gasteiger charge is -2.32. The molecule has 0 amide bonds. The van der Waals surface area contributed by atoms with Gasteiger partial charge in [0.15, 0.2) is 5.50 Å². The van der Waals surface area contributed by atoms with Gasteiger partial charge in [0, 0.05) is 18.7 Å². The van der Waals surface area contributed by atoms with Gasteiger partial charge in [0.1, 0.15) is 16.8 Å². The fraction of sp³-hybridized carbons (Fsp3) is 0.476. The lowest BCUT2D eigenvalue weighted by Crippen LogP contribution is -2.47. The lowest BCUT2D eigenvalue weighted by molar-refractivity contribution is 0.387. The zero-order valence-corrected chi connectivity index (χ0v) is 17.3. The first-order chi connectivity index (χ1) is 13.5. The second-order valence-electron chi connectivity index (χ2n) is 7.65. The molecule has 1 fully saturated rings. The quantitative estimate of drug-likeness (QED) is 0.803. The molecule has 2 unspecified atom stereocenters. The molecule has 1 aromatic rings. The lowest BCUT2D eigenvalue weighted by atomic mass is 10.0. The monoisotopic (exact) mass is 394 g/mol. The van der Waals surface area contributed by atoms with Crippen molar-refractivity contribution in [2.45, 2.75) is 51.2 Å². The standard InChI is InChI=1S/C21H26N6S/c1-13-6-8-16(9-7-13)18-5-4-10-27(18)20-24-15(3)14(2)19(25-20)26-21-23-12-17(11-22)28-21/h6-9,12,14-15,18,21,23H,4-5,10H2,1-3H3,(H,24,25,26)/t14-,15?,18?,21-/m1/s1. The minimum atomic E-state index is -0.0612. The summed E-state index contributed by atoms with van der Waals surface area (Å²) in [6.45, 7) is 7.39. The van der Waals surface area contributed by atoms with Crippen LogP contribution in [0.25, 0.3) is 0 Å². The average Bonchev–Trinajstić information content (AvgIpc) is 3.35. The van der Waals surface area contributed by atoms with Crippen LogP contribution in [0, 0.1) is 24.2 Å². The third kappa shape index (κ3) is 3.74. The van der Waals surface area contributed by atoms with Crippen LogP contribution in [0.1, 0.15) is 43.9 Å². The molecule has 0 radical (unpaired) electrons. The summed E-state index contributed by atoms with van der Waals surface area (Å²) in [6, 6.07) is 11.5. The summed E-state index contributed by atoms with van der Waals surface area (Å²) >= 11 is 1.48. The Bertz CT molecular complexity index is 866. The number of thioether (sulfide) groups is 1. The number of nitrogens with one attached hydrogen (secondary N) is 2. The highest BCUT2D eigenvalue weighted by Crippen LogP contribution is 2.34. The van der Waals surface area contributed by atoms with Crippen molar-refractivity contribution in [3.05, 3.63) is 46.5 Å². The third-order valence-electron chi connectivity index (χ3n) is 5.67. The second kappa shape index (κ2) is 7.88. The van der Waals surface area contributed by atoms with E-state index in [9.17, 15) is 0 Å². The number of amidine groups is 1. The number of hydrogen-bond donors (Lipinski definition) is 2. The van der Waals surface area contributed by atoms with Gasteiger partial charge in [-0.3, -0.25) is 0 Å². The van der Waals surface area contributed by atoms with Crippen molar-refractivity contribution in [1.82, 2.24) is 15.5 Å². The van der Waals surface area contributed by atoms with Crippen LogP contribution in [0.3, 0.4) is 0 Å². The first kappa shape index (κ1) is 18.9. The van der Waals surface area contributed by atoms with E-state index in [4.69, 9.17) is 15.2 Å². The van der Waals surface area contributed by atoms with Gasteiger partial charge in [0.05, 0.1) is 12.1 Å². The molecule has 7 heteroatoms. The smallest absolute Gasteiger partial charge is 0.223 e.